The van der Waals surface area contributed by atoms with Crippen molar-refractivity contribution in [1.29, 1.82) is 0 Å². The zero-order chi connectivity index (χ0) is 12.5. The highest BCUT2D eigenvalue weighted by atomic mass is 32.2. The molecule has 2 N–H and O–H groups in total. The highest BCUT2D eigenvalue weighted by Crippen LogP contribution is 2.31. The summed E-state index contributed by atoms with van der Waals surface area (Å²) in [5, 5.41) is 0. The summed E-state index contributed by atoms with van der Waals surface area (Å²) in [5.41, 5.74) is 2.65. The molecule has 0 aliphatic rings. The highest BCUT2D eigenvalue weighted by Gasteiger charge is 2.14. The first-order chi connectivity index (χ1) is 7.26. The van der Waals surface area contributed by atoms with Gasteiger partial charge in [0.15, 0.2) is 0 Å². The standard InChI is InChI=1S/C10H15NO4S/c1-6-5-9(15-4)7(2)8(3)10(6)11-16(12,13)14/h5,11H,1-4H3,(H,12,13,14). The topological polar surface area (TPSA) is 75.6 Å². The molecule has 0 aliphatic carbocycles. The monoisotopic (exact) mass is 245 g/mol. The van der Waals surface area contributed by atoms with Crippen LogP contribution >= 0.6 is 0 Å². The molecule has 0 saturated carbocycles. The first-order valence-electron chi connectivity index (χ1n) is 4.66. The number of methoxy groups -OCH3 is 1. The smallest absolute Gasteiger partial charge is 0.357 e. The lowest BCUT2D eigenvalue weighted by molar-refractivity contribution is 0.411. The third-order valence-corrected chi connectivity index (χ3v) is 2.96. The lowest BCUT2D eigenvalue weighted by Gasteiger charge is -2.15. The van der Waals surface area contributed by atoms with Gasteiger partial charge >= 0.3 is 10.3 Å². The van der Waals surface area contributed by atoms with Gasteiger partial charge in [0, 0.05) is 0 Å². The first-order valence-corrected chi connectivity index (χ1v) is 6.10. The van der Waals surface area contributed by atoms with E-state index in [2.05, 4.69) is 4.72 Å². The molecular weight excluding hydrogens is 230 g/mol. The van der Waals surface area contributed by atoms with Crippen molar-refractivity contribution < 1.29 is 17.7 Å². The minimum absolute atomic E-state index is 0.390. The van der Waals surface area contributed by atoms with Crippen molar-refractivity contribution in [3.05, 3.63) is 22.8 Å². The quantitative estimate of drug-likeness (QED) is 0.797. The highest BCUT2D eigenvalue weighted by molar-refractivity contribution is 7.87. The summed E-state index contributed by atoms with van der Waals surface area (Å²) in [5.74, 6) is 0.691. The van der Waals surface area contributed by atoms with Crippen molar-refractivity contribution in [2.24, 2.45) is 0 Å². The van der Waals surface area contributed by atoms with Gasteiger partial charge in [0.05, 0.1) is 12.8 Å². The molecule has 0 bridgehead atoms. The van der Waals surface area contributed by atoms with Gasteiger partial charge in [-0.15, -0.1) is 0 Å². The van der Waals surface area contributed by atoms with E-state index in [1.54, 1.807) is 27.0 Å². The van der Waals surface area contributed by atoms with Gasteiger partial charge < -0.3 is 4.74 Å². The molecule has 0 fully saturated rings. The van der Waals surface area contributed by atoms with E-state index in [0.717, 1.165) is 11.1 Å². The molecule has 0 aliphatic heterocycles. The van der Waals surface area contributed by atoms with Crippen molar-refractivity contribution in [3.8, 4) is 5.75 Å². The SMILES string of the molecule is COc1cc(C)c(NS(=O)(=O)O)c(C)c1C. The van der Waals surface area contributed by atoms with Crippen LogP contribution in [0.5, 0.6) is 5.75 Å². The molecule has 0 amide bonds. The van der Waals surface area contributed by atoms with Gasteiger partial charge in [-0.3, -0.25) is 9.27 Å². The summed E-state index contributed by atoms with van der Waals surface area (Å²) in [6.07, 6.45) is 0. The lowest BCUT2D eigenvalue weighted by Crippen LogP contribution is -2.13. The average molecular weight is 245 g/mol. The Hall–Kier alpha value is -1.27. The number of benzene rings is 1. The van der Waals surface area contributed by atoms with Gasteiger partial charge in [-0.05, 0) is 43.5 Å². The van der Waals surface area contributed by atoms with E-state index in [-0.39, 0.29) is 0 Å². The molecule has 0 radical (unpaired) electrons. The third-order valence-electron chi connectivity index (χ3n) is 2.50. The van der Waals surface area contributed by atoms with Crippen LogP contribution in [0.25, 0.3) is 0 Å². The minimum Gasteiger partial charge on any atom is -0.496 e. The number of anilines is 1. The molecule has 1 rings (SSSR count). The normalized spacial score (nSPS) is 11.3. The predicted molar refractivity (Wildman–Crippen MR) is 62.4 cm³/mol. The number of aryl methyl sites for hydroxylation is 1. The fourth-order valence-electron chi connectivity index (χ4n) is 1.54. The summed E-state index contributed by atoms with van der Waals surface area (Å²) in [6, 6.07) is 1.72. The minimum atomic E-state index is -4.25. The Morgan fingerprint density at radius 1 is 1.25 bits per heavy atom. The molecule has 0 atom stereocenters. The second-order valence-corrected chi connectivity index (χ2v) is 4.75. The van der Waals surface area contributed by atoms with E-state index >= 15 is 0 Å². The van der Waals surface area contributed by atoms with Crippen LogP contribution in [-0.4, -0.2) is 20.1 Å². The number of hydrogen-bond acceptors (Lipinski definition) is 3. The second-order valence-electron chi connectivity index (χ2n) is 3.60. The Morgan fingerprint density at radius 3 is 2.25 bits per heavy atom. The van der Waals surface area contributed by atoms with Crippen LogP contribution in [0, 0.1) is 20.8 Å². The van der Waals surface area contributed by atoms with Crippen LogP contribution in [0.2, 0.25) is 0 Å². The van der Waals surface area contributed by atoms with E-state index in [1.807, 2.05) is 6.92 Å². The zero-order valence-corrected chi connectivity index (χ0v) is 10.5. The Kier molecular flexibility index (Phi) is 3.44. The number of hydrogen-bond donors (Lipinski definition) is 2. The maximum atomic E-state index is 10.8. The maximum Gasteiger partial charge on any atom is 0.357 e. The van der Waals surface area contributed by atoms with E-state index in [1.165, 1.54) is 0 Å². The van der Waals surface area contributed by atoms with Gasteiger partial charge in [0.25, 0.3) is 0 Å². The summed E-state index contributed by atoms with van der Waals surface area (Å²) in [6.45, 7) is 5.32. The fourth-order valence-corrected chi connectivity index (χ4v) is 2.12. The molecule has 6 heteroatoms. The van der Waals surface area contributed by atoms with Gasteiger partial charge in [-0.25, -0.2) is 0 Å². The van der Waals surface area contributed by atoms with Crippen molar-refractivity contribution in [2.45, 2.75) is 20.8 Å². The average Bonchev–Trinajstić information content (AvgIpc) is 2.17. The molecule has 5 nitrogen and oxygen atoms in total. The van der Waals surface area contributed by atoms with Gasteiger partial charge in [-0.2, -0.15) is 8.42 Å². The summed E-state index contributed by atoms with van der Waals surface area (Å²) in [4.78, 5) is 0. The van der Waals surface area contributed by atoms with Crippen molar-refractivity contribution >= 4 is 16.0 Å². The van der Waals surface area contributed by atoms with Gasteiger partial charge in [0.1, 0.15) is 5.75 Å². The van der Waals surface area contributed by atoms with Crippen LogP contribution in [0.1, 0.15) is 16.7 Å². The Morgan fingerprint density at radius 2 is 1.81 bits per heavy atom. The van der Waals surface area contributed by atoms with Gasteiger partial charge in [-0.1, -0.05) is 0 Å². The van der Waals surface area contributed by atoms with Crippen LogP contribution < -0.4 is 9.46 Å². The Labute approximate surface area is 95.3 Å². The summed E-state index contributed by atoms with van der Waals surface area (Å²) < 4.78 is 37.6. The van der Waals surface area contributed by atoms with Crippen molar-refractivity contribution in [3.63, 3.8) is 0 Å². The van der Waals surface area contributed by atoms with E-state index in [4.69, 9.17) is 9.29 Å². The molecule has 16 heavy (non-hydrogen) atoms. The second kappa shape index (κ2) is 4.31. The molecule has 1 aromatic carbocycles. The molecule has 0 spiro atoms. The Balaban J connectivity index is 3.37. The maximum absolute atomic E-state index is 10.8. The Bertz CT molecular complexity index is 508. The largest absolute Gasteiger partial charge is 0.496 e. The van der Waals surface area contributed by atoms with Crippen LogP contribution in [-0.2, 0) is 10.3 Å². The first kappa shape index (κ1) is 12.8. The molecule has 0 unspecified atom stereocenters. The van der Waals surface area contributed by atoms with Gasteiger partial charge in [0.2, 0.25) is 0 Å². The summed E-state index contributed by atoms with van der Waals surface area (Å²) >= 11 is 0. The number of rotatable bonds is 3. The molecule has 0 aromatic heterocycles. The fraction of sp³-hybridized carbons (Fsp3) is 0.400. The lowest BCUT2D eigenvalue weighted by atomic mass is 10.0. The van der Waals surface area contributed by atoms with Crippen LogP contribution in [0.3, 0.4) is 0 Å². The number of nitrogens with one attached hydrogen (secondary N) is 1. The van der Waals surface area contributed by atoms with Crippen LogP contribution in [0.15, 0.2) is 6.07 Å². The molecule has 0 saturated heterocycles. The molecule has 90 valence electrons. The van der Waals surface area contributed by atoms with E-state index < -0.39 is 10.3 Å². The van der Waals surface area contributed by atoms with E-state index in [0.29, 0.717) is 17.0 Å². The third kappa shape index (κ3) is 2.65. The molecule has 0 heterocycles. The molecule has 1 aromatic rings. The van der Waals surface area contributed by atoms with Crippen LogP contribution in [0.4, 0.5) is 5.69 Å². The summed E-state index contributed by atoms with van der Waals surface area (Å²) in [7, 11) is -2.70. The van der Waals surface area contributed by atoms with Crippen molar-refractivity contribution in [1.82, 2.24) is 0 Å². The van der Waals surface area contributed by atoms with E-state index in [9.17, 15) is 8.42 Å². The zero-order valence-electron chi connectivity index (χ0n) is 9.66. The number of ether oxygens (including phenoxy) is 1. The predicted octanol–water partition coefficient (Wildman–Crippen LogP) is 1.84. The molecular formula is C10H15NO4S. The van der Waals surface area contributed by atoms with Crippen molar-refractivity contribution in [2.75, 3.05) is 11.8 Å².